The van der Waals surface area contributed by atoms with Gasteiger partial charge in [0.1, 0.15) is 5.75 Å². The molecule has 1 atom stereocenters. The van der Waals surface area contributed by atoms with E-state index in [-0.39, 0.29) is 5.91 Å². The Bertz CT molecular complexity index is 1460. The molecule has 0 radical (unpaired) electrons. The van der Waals surface area contributed by atoms with Crippen LogP contribution >= 0.6 is 11.3 Å². The summed E-state index contributed by atoms with van der Waals surface area (Å²) in [7, 11) is 0. The van der Waals surface area contributed by atoms with Crippen molar-refractivity contribution in [1.82, 2.24) is 19.8 Å². The monoisotopic (exact) mass is 469 g/mol. The Kier molecular flexibility index (Phi) is 5.81. The molecule has 0 fully saturated rings. The molecule has 170 valence electrons. The van der Waals surface area contributed by atoms with Crippen molar-refractivity contribution in [2.45, 2.75) is 26.9 Å². The normalized spacial score (nSPS) is 12.0. The number of carbonyl (C=O) groups is 1. The molecule has 1 N–H and O–H groups in total. The Morgan fingerprint density at radius 1 is 1.00 bits per heavy atom. The van der Waals surface area contributed by atoms with Gasteiger partial charge in [0.25, 0.3) is 5.91 Å². The van der Waals surface area contributed by atoms with E-state index in [2.05, 4.69) is 21.6 Å². The van der Waals surface area contributed by atoms with Crippen molar-refractivity contribution in [3.63, 3.8) is 0 Å². The molecule has 0 saturated heterocycles. The first-order valence-electron chi connectivity index (χ1n) is 10.9. The minimum atomic E-state index is -0.648. The molecule has 0 aliphatic rings. The Morgan fingerprint density at radius 3 is 2.59 bits per heavy atom. The second-order valence-electron chi connectivity index (χ2n) is 8.14. The van der Waals surface area contributed by atoms with Gasteiger partial charge in [0.05, 0.1) is 10.6 Å². The molecular formula is C26H23N5O2S. The van der Waals surface area contributed by atoms with Gasteiger partial charge in [-0.1, -0.05) is 24.3 Å². The second-order valence-corrected chi connectivity index (χ2v) is 9.09. The highest BCUT2D eigenvalue weighted by atomic mass is 32.1. The number of aromatic nitrogens is 4. The van der Waals surface area contributed by atoms with Gasteiger partial charge in [-0.25, -0.2) is 0 Å². The van der Waals surface area contributed by atoms with Crippen LogP contribution < -0.4 is 10.1 Å². The van der Waals surface area contributed by atoms with Crippen LogP contribution in [-0.4, -0.2) is 31.8 Å². The summed E-state index contributed by atoms with van der Waals surface area (Å²) in [4.78, 5) is 13.8. The summed E-state index contributed by atoms with van der Waals surface area (Å²) in [5.41, 5.74) is 5.15. The lowest BCUT2D eigenvalue weighted by Crippen LogP contribution is -2.30. The summed E-state index contributed by atoms with van der Waals surface area (Å²) < 4.78 is 7.61. The molecule has 2 aromatic carbocycles. The fourth-order valence-electron chi connectivity index (χ4n) is 3.76. The summed E-state index contributed by atoms with van der Waals surface area (Å²) in [5, 5.41) is 18.2. The van der Waals surface area contributed by atoms with Crippen molar-refractivity contribution in [1.29, 1.82) is 0 Å². The molecule has 3 heterocycles. The van der Waals surface area contributed by atoms with E-state index in [0.29, 0.717) is 22.9 Å². The first-order chi connectivity index (χ1) is 16.5. The van der Waals surface area contributed by atoms with Crippen LogP contribution in [-0.2, 0) is 4.79 Å². The maximum absolute atomic E-state index is 12.8. The molecule has 5 aromatic rings. The Hall–Kier alpha value is -4.04. The Balaban J connectivity index is 1.36. The predicted octanol–water partition coefficient (Wildman–Crippen LogP) is 5.54. The van der Waals surface area contributed by atoms with Crippen LogP contribution in [0.25, 0.3) is 27.6 Å². The lowest BCUT2D eigenvalue weighted by atomic mass is 10.1. The zero-order valence-corrected chi connectivity index (χ0v) is 19.8. The van der Waals surface area contributed by atoms with Crippen LogP contribution in [0, 0.1) is 13.8 Å². The van der Waals surface area contributed by atoms with E-state index in [1.807, 2.05) is 79.9 Å². The number of carbonyl (C=O) groups excluding carboxylic acids is 1. The molecule has 0 spiro atoms. The number of anilines is 1. The van der Waals surface area contributed by atoms with Crippen molar-refractivity contribution in [3.8, 4) is 27.7 Å². The smallest absolute Gasteiger partial charge is 0.265 e. The van der Waals surface area contributed by atoms with Gasteiger partial charge < -0.3 is 10.1 Å². The number of rotatable bonds is 6. The first kappa shape index (κ1) is 21.8. The van der Waals surface area contributed by atoms with Gasteiger partial charge in [-0.3, -0.25) is 4.79 Å². The minimum absolute atomic E-state index is 0.224. The minimum Gasteiger partial charge on any atom is -0.481 e. The fourth-order valence-corrected chi connectivity index (χ4v) is 4.45. The number of ether oxygens (including phenoxy) is 1. The maximum Gasteiger partial charge on any atom is 0.265 e. The number of aryl methyl sites for hydroxylation is 2. The summed E-state index contributed by atoms with van der Waals surface area (Å²) in [5.74, 6) is 1.16. The van der Waals surface area contributed by atoms with E-state index in [1.165, 1.54) is 0 Å². The Morgan fingerprint density at radius 2 is 1.82 bits per heavy atom. The lowest BCUT2D eigenvalue weighted by molar-refractivity contribution is -0.122. The van der Waals surface area contributed by atoms with Gasteiger partial charge in [-0.2, -0.15) is 9.61 Å². The van der Waals surface area contributed by atoms with Gasteiger partial charge in [0, 0.05) is 11.3 Å². The molecule has 0 saturated carbocycles. The van der Waals surface area contributed by atoms with Gasteiger partial charge in [-0.15, -0.1) is 21.5 Å². The van der Waals surface area contributed by atoms with Gasteiger partial charge in [-0.05, 0) is 79.7 Å². The average molecular weight is 470 g/mol. The van der Waals surface area contributed by atoms with Gasteiger partial charge in [0.15, 0.2) is 17.6 Å². The van der Waals surface area contributed by atoms with Gasteiger partial charge >= 0.3 is 0 Å². The van der Waals surface area contributed by atoms with E-state index in [4.69, 9.17) is 9.84 Å². The van der Waals surface area contributed by atoms with E-state index in [1.54, 1.807) is 22.8 Å². The van der Waals surface area contributed by atoms with E-state index >= 15 is 0 Å². The summed E-state index contributed by atoms with van der Waals surface area (Å²) in [6, 6.07) is 21.2. The second kappa shape index (κ2) is 9.07. The van der Waals surface area contributed by atoms with Crippen LogP contribution in [0.5, 0.6) is 5.75 Å². The molecule has 3 aromatic heterocycles. The number of amides is 1. The predicted molar refractivity (Wildman–Crippen MR) is 134 cm³/mol. The quantitative estimate of drug-likeness (QED) is 0.353. The molecule has 8 heteroatoms. The first-order valence-corrected chi connectivity index (χ1v) is 11.8. The van der Waals surface area contributed by atoms with Crippen molar-refractivity contribution in [3.05, 3.63) is 83.2 Å². The highest BCUT2D eigenvalue weighted by Crippen LogP contribution is 2.26. The fraction of sp³-hybridized carbons (Fsp3) is 0.154. The topological polar surface area (TPSA) is 81.4 Å². The molecule has 34 heavy (non-hydrogen) atoms. The number of hydrogen-bond donors (Lipinski definition) is 1. The number of thiophene rings is 1. The summed E-state index contributed by atoms with van der Waals surface area (Å²) in [6.07, 6.45) is -0.648. The van der Waals surface area contributed by atoms with Crippen LogP contribution in [0.3, 0.4) is 0 Å². The van der Waals surface area contributed by atoms with Crippen molar-refractivity contribution >= 4 is 28.6 Å². The van der Waals surface area contributed by atoms with Crippen molar-refractivity contribution < 1.29 is 9.53 Å². The summed E-state index contributed by atoms with van der Waals surface area (Å²) >= 11 is 1.59. The molecule has 0 aliphatic heterocycles. The van der Waals surface area contributed by atoms with Crippen LogP contribution in [0.2, 0.25) is 0 Å². The number of nitrogens with one attached hydrogen (secondary N) is 1. The lowest BCUT2D eigenvalue weighted by Gasteiger charge is -2.16. The van der Waals surface area contributed by atoms with Crippen LogP contribution in [0.1, 0.15) is 18.1 Å². The van der Waals surface area contributed by atoms with Gasteiger partial charge in [0.2, 0.25) is 0 Å². The molecule has 0 aliphatic carbocycles. The number of nitrogens with zero attached hydrogens (tertiary/aromatic N) is 4. The molecule has 5 rings (SSSR count). The van der Waals surface area contributed by atoms with Crippen LogP contribution in [0.15, 0.2) is 72.1 Å². The SMILES string of the molecule is Cc1cc(C)cc(OC(C)C(=O)Nc2cccc(-c3ccc4nnc(-c5cccs5)n4n3)c2)c1. The largest absolute Gasteiger partial charge is 0.481 e. The highest BCUT2D eigenvalue weighted by Gasteiger charge is 2.16. The zero-order chi connectivity index (χ0) is 23.7. The number of benzene rings is 2. The van der Waals surface area contributed by atoms with E-state index in [9.17, 15) is 4.79 Å². The summed E-state index contributed by atoms with van der Waals surface area (Å²) in [6.45, 7) is 5.75. The van der Waals surface area contributed by atoms with E-state index < -0.39 is 6.10 Å². The molecule has 1 amide bonds. The van der Waals surface area contributed by atoms with Crippen molar-refractivity contribution in [2.75, 3.05) is 5.32 Å². The molecule has 7 nitrogen and oxygen atoms in total. The highest BCUT2D eigenvalue weighted by molar-refractivity contribution is 7.13. The third kappa shape index (κ3) is 4.53. The third-order valence-electron chi connectivity index (χ3n) is 5.31. The standard InChI is InChI=1S/C26H23N5O2S/c1-16-12-17(2)14-21(13-16)33-18(3)26(32)27-20-7-4-6-19(15-20)22-9-10-24-28-29-25(31(24)30-22)23-8-5-11-34-23/h4-15,18H,1-3H3,(H,27,32). The Labute approximate surface area is 201 Å². The maximum atomic E-state index is 12.8. The number of fused-ring (bicyclic) bond motifs is 1. The average Bonchev–Trinajstić information content (AvgIpc) is 3.48. The molecule has 1 unspecified atom stereocenters. The van der Waals surface area contributed by atoms with Crippen molar-refractivity contribution in [2.24, 2.45) is 0 Å². The number of hydrogen-bond acceptors (Lipinski definition) is 6. The molecule has 0 bridgehead atoms. The zero-order valence-electron chi connectivity index (χ0n) is 19.0. The van der Waals surface area contributed by atoms with E-state index in [0.717, 1.165) is 27.3 Å². The van der Waals surface area contributed by atoms with Crippen LogP contribution in [0.4, 0.5) is 5.69 Å². The molecular weight excluding hydrogens is 446 g/mol. The third-order valence-corrected chi connectivity index (χ3v) is 6.17.